The molecule has 0 radical (unpaired) electrons. The van der Waals surface area contributed by atoms with E-state index in [1.807, 2.05) is 35.2 Å². The highest BCUT2D eigenvalue weighted by molar-refractivity contribution is 5.96. The standard InChI is InChI=1S/C23H31N3O3/c1-16(2)26-14-11-19(15-26)29-21-6-4-5-17-7-8-20(24-22(17)21)23(27)25-12-9-18(28-3)10-13-25/h4-8,16,18-19H,9-15H2,1-3H3. The van der Waals surface area contributed by atoms with E-state index in [1.165, 1.54) is 0 Å². The van der Waals surface area contributed by atoms with Crippen molar-refractivity contribution in [1.29, 1.82) is 0 Å². The van der Waals surface area contributed by atoms with Gasteiger partial charge in [-0.3, -0.25) is 9.69 Å². The number of nitrogens with zero attached hydrogens (tertiary/aromatic N) is 3. The summed E-state index contributed by atoms with van der Waals surface area (Å²) in [6, 6.07) is 10.3. The molecule has 2 aromatic rings. The van der Waals surface area contributed by atoms with Crippen molar-refractivity contribution in [3.63, 3.8) is 0 Å². The molecule has 2 aliphatic heterocycles. The molecule has 0 bridgehead atoms. The number of ether oxygens (including phenoxy) is 2. The Kier molecular flexibility index (Phi) is 6.01. The first-order valence-electron chi connectivity index (χ1n) is 10.7. The maximum atomic E-state index is 13.0. The quantitative estimate of drug-likeness (QED) is 0.774. The number of amides is 1. The summed E-state index contributed by atoms with van der Waals surface area (Å²) in [6.45, 7) is 7.85. The van der Waals surface area contributed by atoms with E-state index in [0.717, 1.165) is 49.0 Å². The van der Waals surface area contributed by atoms with Crippen LogP contribution in [0.4, 0.5) is 0 Å². The Morgan fingerprint density at radius 2 is 1.83 bits per heavy atom. The van der Waals surface area contributed by atoms with Crippen molar-refractivity contribution in [2.24, 2.45) is 0 Å². The smallest absolute Gasteiger partial charge is 0.272 e. The molecule has 2 saturated heterocycles. The first kappa shape index (κ1) is 20.1. The van der Waals surface area contributed by atoms with E-state index in [0.29, 0.717) is 24.8 Å². The van der Waals surface area contributed by atoms with Crippen LogP contribution in [-0.2, 0) is 4.74 Å². The Labute approximate surface area is 172 Å². The molecule has 1 aromatic heterocycles. The Hall–Kier alpha value is -2.18. The van der Waals surface area contributed by atoms with Crippen LogP contribution in [-0.4, -0.2) is 72.2 Å². The second-order valence-electron chi connectivity index (χ2n) is 8.37. The van der Waals surface area contributed by atoms with Crippen LogP contribution in [0.3, 0.4) is 0 Å². The summed E-state index contributed by atoms with van der Waals surface area (Å²) >= 11 is 0. The van der Waals surface area contributed by atoms with Crippen molar-refractivity contribution in [1.82, 2.24) is 14.8 Å². The molecule has 2 fully saturated rings. The van der Waals surface area contributed by atoms with Crippen molar-refractivity contribution >= 4 is 16.8 Å². The molecule has 1 unspecified atom stereocenters. The molecule has 0 saturated carbocycles. The number of rotatable bonds is 5. The first-order valence-corrected chi connectivity index (χ1v) is 10.7. The van der Waals surface area contributed by atoms with E-state index >= 15 is 0 Å². The SMILES string of the molecule is COC1CCN(C(=O)c2ccc3cccc(OC4CCN(C(C)C)C4)c3n2)CC1. The van der Waals surface area contributed by atoms with Crippen LogP contribution >= 0.6 is 0 Å². The third-order valence-electron chi connectivity index (χ3n) is 6.17. The summed E-state index contributed by atoms with van der Waals surface area (Å²) in [5, 5.41) is 0.996. The fraction of sp³-hybridized carbons (Fsp3) is 0.565. The number of para-hydroxylation sites is 1. The van der Waals surface area contributed by atoms with E-state index in [2.05, 4.69) is 18.7 Å². The maximum absolute atomic E-state index is 13.0. The molecular weight excluding hydrogens is 366 g/mol. The van der Waals surface area contributed by atoms with Gasteiger partial charge < -0.3 is 14.4 Å². The summed E-state index contributed by atoms with van der Waals surface area (Å²) in [6.07, 6.45) is 3.18. The van der Waals surface area contributed by atoms with Gasteiger partial charge in [0, 0.05) is 44.7 Å². The molecule has 1 aromatic carbocycles. The lowest BCUT2D eigenvalue weighted by Gasteiger charge is -2.31. The molecular formula is C23H31N3O3. The zero-order valence-corrected chi connectivity index (χ0v) is 17.6. The van der Waals surface area contributed by atoms with Crippen LogP contribution in [0.2, 0.25) is 0 Å². The molecule has 0 spiro atoms. The number of hydrogen-bond donors (Lipinski definition) is 0. The van der Waals surface area contributed by atoms with Gasteiger partial charge in [-0.25, -0.2) is 4.98 Å². The van der Waals surface area contributed by atoms with Gasteiger partial charge in [-0.05, 0) is 45.2 Å². The fourth-order valence-corrected chi connectivity index (χ4v) is 4.29. The third-order valence-corrected chi connectivity index (χ3v) is 6.17. The summed E-state index contributed by atoms with van der Waals surface area (Å²) in [5.74, 6) is 0.758. The Balaban J connectivity index is 1.52. The number of benzene rings is 1. The monoisotopic (exact) mass is 397 g/mol. The average Bonchev–Trinajstić information content (AvgIpc) is 3.22. The highest BCUT2D eigenvalue weighted by Crippen LogP contribution is 2.28. The Morgan fingerprint density at radius 1 is 1.07 bits per heavy atom. The van der Waals surface area contributed by atoms with Gasteiger partial charge in [0.15, 0.2) is 0 Å². The first-order chi connectivity index (χ1) is 14.0. The zero-order valence-electron chi connectivity index (χ0n) is 17.6. The predicted molar refractivity (Wildman–Crippen MR) is 113 cm³/mol. The van der Waals surface area contributed by atoms with Gasteiger partial charge in [0.2, 0.25) is 0 Å². The van der Waals surface area contributed by atoms with E-state index in [-0.39, 0.29) is 18.1 Å². The van der Waals surface area contributed by atoms with Gasteiger partial charge >= 0.3 is 0 Å². The minimum absolute atomic E-state index is 0.0110. The van der Waals surface area contributed by atoms with Crippen LogP contribution in [0.25, 0.3) is 10.9 Å². The number of pyridine rings is 1. The van der Waals surface area contributed by atoms with Crippen LogP contribution in [0, 0.1) is 0 Å². The third kappa shape index (κ3) is 4.38. The lowest BCUT2D eigenvalue weighted by molar-refractivity contribution is 0.0348. The highest BCUT2D eigenvalue weighted by Gasteiger charge is 2.27. The van der Waals surface area contributed by atoms with Gasteiger partial charge in [-0.1, -0.05) is 18.2 Å². The number of methoxy groups -OCH3 is 1. The minimum Gasteiger partial charge on any atom is -0.487 e. The molecule has 6 nitrogen and oxygen atoms in total. The molecule has 0 N–H and O–H groups in total. The lowest BCUT2D eigenvalue weighted by atomic mass is 10.1. The molecule has 4 rings (SSSR count). The topological polar surface area (TPSA) is 54.9 Å². The maximum Gasteiger partial charge on any atom is 0.272 e. The Morgan fingerprint density at radius 3 is 2.52 bits per heavy atom. The molecule has 1 amide bonds. The van der Waals surface area contributed by atoms with Crippen LogP contribution in [0.5, 0.6) is 5.75 Å². The summed E-state index contributed by atoms with van der Waals surface area (Å²) in [7, 11) is 1.74. The predicted octanol–water partition coefficient (Wildman–Crippen LogP) is 3.35. The van der Waals surface area contributed by atoms with Gasteiger partial charge in [0.05, 0.1) is 6.10 Å². The van der Waals surface area contributed by atoms with E-state index < -0.39 is 0 Å². The second kappa shape index (κ2) is 8.67. The number of likely N-dealkylation sites (tertiary alicyclic amines) is 2. The van der Waals surface area contributed by atoms with Gasteiger partial charge in [0.25, 0.3) is 5.91 Å². The van der Waals surface area contributed by atoms with Crippen molar-refractivity contribution in [3.05, 3.63) is 36.0 Å². The summed E-state index contributed by atoms with van der Waals surface area (Å²) in [5.41, 5.74) is 1.26. The molecule has 1 atom stereocenters. The highest BCUT2D eigenvalue weighted by atomic mass is 16.5. The van der Waals surface area contributed by atoms with Crippen LogP contribution in [0.15, 0.2) is 30.3 Å². The zero-order chi connectivity index (χ0) is 20.4. The van der Waals surface area contributed by atoms with Crippen LogP contribution in [0.1, 0.15) is 43.6 Å². The number of hydrogen-bond acceptors (Lipinski definition) is 5. The summed E-state index contributed by atoms with van der Waals surface area (Å²) in [4.78, 5) is 22.0. The van der Waals surface area contributed by atoms with Gasteiger partial charge in [0.1, 0.15) is 23.1 Å². The molecule has 29 heavy (non-hydrogen) atoms. The number of piperidine rings is 1. The summed E-state index contributed by atoms with van der Waals surface area (Å²) < 4.78 is 11.7. The van der Waals surface area contributed by atoms with Crippen molar-refractivity contribution in [2.45, 2.75) is 51.4 Å². The molecule has 0 aliphatic carbocycles. The van der Waals surface area contributed by atoms with Gasteiger partial charge in [-0.15, -0.1) is 0 Å². The molecule has 3 heterocycles. The fourth-order valence-electron chi connectivity index (χ4n) is 4.29. The number of carbonyl (C=O) groups is 1. The van der Waals surface area contributed by atoms with E-state index in [4.69, 9.17) is 14.5 Å². The Bertz CT molecular complexity index is 862. The van der Waals surface area contributed by atoms with Crippen molar-refractivity contribution in [2.75, 3.05) is 33.3 Å². The number of carbonyl (C=O) groups excluding carboxylic acids is 1. The van der Waals surface area contributed by atoms with Crippen molar-refractivity contribution < 1.29 is 14.3 Å². The second-order valence-corrected chi connectivity index (χ2v) is 8.37. The van der Waals surface area contributed by atoms with E-state index in [9.17, 15) is 4.79 Å². The average molecular weight is 398 g/mol. The largest absolute Gasteiger partial charge is 0.487 e. The molecule has 156 valence electrons. The molecule has 6 heteroatoms. The minimum atomic E-state index is -0.0110. The van der Waals surface area contributed by atoms with Gasteiger partial charge in [-0.2, -0.15) is 0 Å². The number of aromatic nitrogens is 1. The number of fused-ring (bicyclic) bond motifs is 1. The lowest BCUT2D eigenvalue weighted by Crippen LogP contribution is -2.40. The van der Waals surface area contributed by atoms with Crippen molar-refractivity contribution in [3.8, 4) is 5.75 Å². The van der Waals surface area contributed by atoms with Crippen LogP contribution < -0.4 is 4.74 Å². The van der Waals surface area contributed by atoms with E-state index in [1.54, 1.807) is 7.11 Å². The normalized spacial score (nSPS) is 21.2. The molecule has 2 aliphatic rings.